The molecule has 0 amide bonds. The van der Waals surface area contributed by atoms with Crippen molar-refractivity contribution in [3.05, 3.63) is 22.4 Å². The fourth-order valence-electron chi connectivity index (χ4n) is 0.659. The third kappa shape index (κ3) is 3.35. The minimum absolute atomic E-state index is 0.0796. The monoisotopic (exact) mass is 219 g/mol. The maximum atomic E-state index is 5.62. The van der Waals surface area contributed by atoms with E-state index in [0.29, 0.717) is 5.69 Å². The summed E-state index contributed by atoms with van der Waals surface area (Å²) in [6, 6.07) is 3.08. The average molecular weight is 220 g/mol. The number of rotatable bonds is 2. The van der Waals surface area contributed by atoms with Crippen molar-refractivity contribution < 1.29 is 0 Å². The lowest BCUT2D eigenvalue weighted by molar-refractivity contribution is 1.26. The number of guanidine groups is 1. The average Bonchev–Trinajstić information content (AvgIpc) is 1.99. The van der Waals surface area contributed by atoms with Gasteiger partial charge in [0.1, 0.15) is 10.3 Å². The van der Waals surface area contributed by atoms with Crippen LogP contribution < -0.4 is 16.9 Å². The molecule has 0 spiro atoms. The summed E-state index contributed by atoms with van der Waals surface area (Å²) in [5, 5.41) is 4.08. The fraction of sp³-hybridized carbons (Fsp3) is 0. The van der Waals surface area contributed by atoms with E-state index in [1.807, 2.05) is 0 Å². The summed E-state index contributed by atoms with van der Waals surface area (Å²) < 4.78 is 0. The number of aromatic nitrogens is 1. The van der Waals surface area contributed by atoms with E-state index in [1.54, 1.807) is 12.1 Å². The lowest BCUT2D eigenvalue weighted by Crippen LogP contribution is -2.23. The smallest absolute Gasteiger partial charge is 0.208 e. The topological polar surface area (TPSA) is 89.3 Å². The minimum atomic E-state index is -0.0796. The predicted molar refractivity (Wildman–Crippen MR) is 53.7 cm³/mol. The first-order valence-corrected chi connectivity index (χ1v) is 4.01. The summed E-state index contributed by atoms with van der Waals surface area (Å²) in [6.45, 7) is 0. The summed E-state index contributed by atoms with van der Waals surface area (Å²) >= 11 is 11.2. The van der Waals surface area contributed by atoms with Gasteiger partial charge in [-0.3, -0.25) is 5.43 Å². The van der Waals surface area contributed by atoms with Crippen LogP contribution in [0.25, 0.3) is 0 Å². The van der Waals surface area contributed by atoms with Gasteiger partial charge in [0.25, 0.3) is 0 Å². The SMILES string of the molecule is NC(N)=NNc1cc(Cl)nc(Cl)c1. The molecule has 1 aromatic rings. The Labute approximate surface area is 84.7 Å². The van der Waals surface area contributed by atoms with Crippen LogP contribution in [0, 0.1) is 0 Å². The fourth-order valence-corrected chi connectivity index (χ4v) is 1.12. The van der Waals surface area contributed by atoms with Crippen molar-refractivity contribution in [3.8, 4) is 0 Å². The van der Waals surface area contributed by atoms with Crippen LogP contribution in [0.1, 0.15) is 0 Å². The second-order valence-corrected chi connectivity index (χ2v) is 2.92. The number of anilines is 1. The normalized spacial score (nSPS) is 9.38. The highest BCUT2D eigenvalue weighted by Gasteiger charge is 1.97. The molecule has 0 saturated heterocycles. The quantitative estimate of drug-likeness (QED) is 0.300. The number of hydrogen-bond donors (Lipinski definition) is 3. The number of nitrogens with one attached hydrogen (secondary N) is 1. The highest BCUT2D eigenvalue weighted by molar-refractivity contribution is 6.32. The van der Waals surface area contributed by atoms with E-state index >= 15 is 0 Å². The van der Waals surface area contributed by atoms with E-state index in [0.717, 1.165) is 0 Å². The Morgan fingerprint density at radius 1 is 1.31 bits per heavy atom. The Hall–Kier alpha value is -1.20. The molecule has 1 rings (SSSR count). The molecular formula is C6H7Cl2N5. The van der Waals surface area contributed by atoms with Gasteiger partial charge in [0.2, 0.25) is 5.96 Å². The first-order chi connectivity index (χ1) is 6.08. The summed E-state index contributed by atoms with van der Waals surface area (Å²) in [6.07, 6.45) is 0. The van der Waals surface area contributed by atoms with Gasteiger partial charge >= 0.3 is 0 Å². The Balaban J connectivity index is 2.83. The van der Waals surface area contributed by atoms with E-state index in [1.165, 1.54) is 0 Å². The number of hydrazone groups is 1. The van der Waals surface area contributed by atoms with Crippen molar-refractivity contribution in [2.24, 2.45) is 16.6 Å². The lowest BCUT2D eigenvalue weighted by atomic mass is 10.4. The molecule has 1 aromatic heterocycles. The van der Waals surface area contributed by atoms with E-state index in [9.17, 15) is 0 Å². The van der Waals surface area contributed by atoms with Crippen LogP contribution in [0.4, 0.5) is 5.69 Å². The molecule has 1 heterocycles. The van der Waals surface area contributed by atoms with Gasteiger partial charge in [-0.25, -0.2) is 4.98 Å². The van der Waals surface area contributed by atoms with E-state index in [2.05, 4.69) is 15.5 Å². The highest BCUT2D eigenvalue weighted by atomic mass is 35.5. The number of nitrogens with zero attached hydrogens (tertiary/aromatic N) is 2. The molecule has 7 heteroatoms. The van der Waals surface area contributed by atoms with E-state index in [-0.39, 0.29) is 16.3 Å². The molecule has 0 bridgehead atoms. The third-order valence-electron chi connectivity index (χ3n) is 1.08. The first-order valence-electron chi connectivity index (χ1n) is 3.25. The Morgan fingerprint density at radius 2 is 1.85 bits per heavy atom. The van der Waals surface area contributed by atoms with Gasteiger partial charge < -0.3 is 11.5 Å². The predicted octanol–water partition coefficient (Wildman–Crippen LogP) is 0.989. The van der Waals surface area contributed by atoms with Crippen molar-refractivity contribution in [3.63, 3.8) is 0 Å². The zero-order valence-corrected chi connectivity index (χ0v) is 7.97. The summed E-state index contributed by atoms with van der Waals surface area (Å²) in [7, 11) is 0. The number of nitrogens with two attached hydrogens (primary N) is 2. The van der Waals surface area contributed by atoms with Gasteiger partial charge in [0, 0.05) is 12.1 Å². The van der Waals surface area contributed by atoms with Crippen molar-refractivity contribution in [1.29, 1.82) is 0 Å². The molecule has 0 fully saturated rings. The summed E-state index contributed by atoms with van der Waals surface area (Å²) in [5.41, 5.74) is 13.3. The molecule has 0 aromatic carbocycles. The number of pyridine rings is 1. The molecule has 13 heavy (non-hydrogen) atoms. The van der Waals surface area contributed by atoms with Crippen LogP contribution in [0.5, 0.6) is 0 Å². The molecule has 0 aliphatic rings. The van der Waals surface area contributed by atoms with Crippen molar-refractivity contribution >= 4 is 34.8 Å². The standard InChI is InChI=1S/C6H7Cl2N5/c7-4-1-3(2-5(8)11-4)12-13-6(9)10/h1-2H,(H,11,12)(H4,9,10,13). The maximum absolute atomic E-state index is 5.62. The van der Waals surface area contributed by atoms with Crippen LogP contribution in [0.3, 0.4) is 0 Å². The second kappa shape index (κ2) is 4.15. The maximum Gasteiger partial charge on any atom is 0.208 e. The summed E-state index contributed by atoms with van der Waals surface area (Å²) in [5.74, 6) is -0.0796. The molecule has 5 N–H and O–H groups in total. The molecule has 0 atom stereocenters. The van der Waals surface area contributed by atoms with Crippen molar-refractivity contribution in [2.75, 3.05) is 5.43 Å². The molecule has 0 radical (unpaired) electrons. The van der Waals surface area contributed by atoms with Crippen molar-refractivity contribution in [1.82, 2.24) is 4.98 Å². The molecule has 0 aliphatic heterocycles. The van der Waals surface area contributed by atoms with Crippen LogP contribution in [0.2, 0.25) is 10.3 Å². The zero-order chi connectivity index (χ0) is 9.84. The second-order valence-electron chi connectivity index (χ2n) is 2.15. The molecule has 0 unspecified atom stereocenters. The van der Waals surface area contributed by atoms with E-state index in [4.69, 9.17) is 34.7 Å². The first kappa shape index (κ1) is 9.88. The minimum Gasteiger partial charge on any atom is -0.369 e. The van der Waals surface area contributed by atoms with Crippen LogP contribution in [0.15, 0.2) is 17.2 Å². The Morgan fingerprint density at radius 3 is 2.31 bits per heavy atom. The number of halogens is 2. The van der Waals surface area contributed by atoms with Gasteiger partial charge in [-0.2, -0.15) is 0 Å². The Kier molecular flexibility index (Phi) is 3.16. The Bertz CT molecular complexity index is 314. The van der Waals surface area contributed by atoms with Crippen LogP contribution in [-0.2, 0) is 0 Å². The van der Waals surface area contributed by atoms with Gasteiger partial charge in [-0.05, 0) is 0 Å². The van der Waals surface area contributed by atoms with Gasteiger partial charge in [-0.1, -0.05) is 23.2 Å². The van der Waals surface area contributed by atoms with Gasteiger partial charge in [-0.15, -0.1) is 5.10 Å². The summed E-state index contributed by atoms with van der Waals surface area (Å²) in [4.78, 5) is 3.74. The largest absolute Gasteiger partial charge is 0.369 e. The highest BCUT2D eigenvalue weighted by Crippen LogP contribution is 2.18. The molecular weight excluding hydrogens is 213 g/mol. The molecule has 70 valence electrons. The van der Waals surface area contributed by atoms with Crippen LogP contribution >= 0.6 is 23.2 Å². The number of hydrogen-bond acceptors (Lipinski definition) is 3. The molecule has 5 nitrogen and oxygen atoms in total. The van der Waals surface area contributed by atoms with Gasteiger partial charge in [0.05, 0.1) is 5.69 Å². The van der Waals surface area contributed by atoms with Crippen LogP contribution in [-0.4, -0.2) is 10.9 Å². The third-order valence-corrected chi connectivity index (χ3v) is 1.46. The lowest BCUT2D eigenvalue weighted by Gasteiger charge is -2.01. The van der Waals surface area contributed by atoms with Gasteiger partial charge in [0.15, 0.2) is 0 Å². The van der Waals surface area contributed by atoms with E-state index < -0.39 is 0 Å². The zero-order valence-electron chi connectivity index (χ0n) is 6.46. The molecule has 0 aliphatic carbocycles. The van der Waals surface area contributed by atoms with Crippen molar-refractivity contribution in [2.45, 2.75) is 0 Å². The molecule has 0 saturated carbocycles.